The summed E-state index contributed by atoms with van der Waals surface area (Å²) >= 11 is 0. The SMILES string of the molecule is Fc1ccc(C(F)C(F)(F)F)nc1. The first-order valence-electron chi connectivity index (χ1n) is 3.23. The Hall–Kier alpha value is -1.20. The van der Waals surface area contributed by atoms with Crippen molar-refractivity contribution in [3.05, 3.63) is 29.8 Å². The summed E-state index contributed by atoms with van der Waals surface area (Å²) in [4.78, 5) is 2.97. The molecule has 0 fully saturated rings. The van der Waals surface area contributed by atoms with E-state index >= 15 is 0 Å². The van der Waals surface area contributed by atoms with E-state index in [9.17, 15) is 22.0 Å². The number of pyridine rings is 1. The van der Waals surface area contributed by atoms with Crippen LogP contribution in [0.25, 0.3) is 0 Å². The number of halogens is 5. The molecule has 0 spiro atoms. The lowest BCUT2D eigenvalue weighted by Gasteiger charge is -2.10. The average molecular weight is 197 g/mol. The van der Waals surface area contributed by atoms with Crippen LogP contribution in [0.1, 0.15) is 11.9 Å². The van der Waals surface area contributed by atoms with Crippen LogP contribution in [-0.4, -0.2) is 11.2 Å². The van der Waals surface area contributed by atoms with E-state index in [1.54, 1.807) is 0 Å². The van der Waals surface area contributed by atoms with E-state index in [2.05, 4.69) is 4.98 Å². The summed E-state index contributed by atoms with van der Waals surface area (Å²) in [6.45, 7) is 0. The van der Waals surface area contributed by atoms with Crippen LogP contribution >= 0.6 is 0 Å². The molecule has 0 radical (unpaired) electrons. The highest BCUT2D eigenvalue weighted by Crippen LogP contribution is 2.34. The number of hydrogen-bond acceptors (Lipinski definition) is 1. The molecule has 13 heavy (non-hydrogen) atoms. The molecule has 0 saturated heterocycles. The Morgan fingerprint density at radius 3 is 2.23 bits per heavy atom. The van der Waals surface area contributed by atoms with Crippen LogP contribution in [0.3, 0.4) is 0 Å². The summed E-state index contributed by atoms with van der Waals surface area (Å²) in [5.74, 6) is -0.807. The third-order valence-corrected chi connectivity index (χ3v) is 1.30. The molecule has 1 unspecified atom stereocenters. The molecule has 1 atom stereocenters. The topological polar surface area (TPSA) is 12.9 Å². The summed E-state index contributed by atoms with van der Waals surface area (Å²) < 4.78 is 59.8. The standard InChI is InChI=1S/C7H4F5N/c8-4-1-2-5(13-3-4)6(9)7(10,11)12/h1-3,6H. The minimum absolute atomic E-state index is 0.535. The number of nitrogens with zero attached hydrogens (tertiary/aromatic N) is 1. The second kappa shape index (κ2) is 3.27. The average Bonchev–Trinajstić information content (AvgIpc) is 2.03. The maximum atomic E-state index is 12.5. The molecule has 0 N–H and O–H groups in total. The summed E-state index contributed by atoms with van der Waals surface area (Å²) in [6, 6.07) is 1.38. The van der Waals surface area contributed by atoms with Gasteiger partial charge in [0.2, 0.25) is 6.17 Å². The number of alkyl halides is 4. The van der Waals surface area contributed by atoms with Crippen LogP contribution in [0.5, 0.6) is 0 Å². The molecule has 0 aromatic carbocycles. The van der Waals surface area contributed by atoms with Gasteiger partial charge in [-0.25, -0.2) is 8.78 Å². The van der Waals surface area contributed by atoms with Crippen LogP contribution in [0.15, 0.2) is 18.3 Å². The van der Waals surface area contributed by atoms with Gasteiger partial charge in [0.05, 0.1) is 11.9 Å². The first kappa shape index (κ1) is 9.88. The third kappa shape index (κ3) is 2.37. The largest absolute Gasteiger partial charge is 0.425 e. The van der Waals surface area contributed by atoms with Crippen LogP contribution < -0.4 is 0 Å². The van der Waals surface area contributed by atoms with Gasteiger partial charge in [0.15, 0.2) is 0 Å². The Labute approximate surface area is 70.2 Å². The fourth-order valence-electron chi connectivity index (χ4n) is 0.705. The number of hydrogen-bond donors (Lipinski definition) is 0. The van der Waals surface area contributed by atoms with Gasteiger partial charge in [-0.15, -0.1) is 0 Å². The van der Waals surface area contributed by atoms with E-state index in [0.29, 0.717) is 12.3 Å². The Morgan fingerprint density at radius 1 is 1.23 bits per heavy atom. The highest BCUT2D eigenvalue weighted by molar-refractivity contribution is 5.09. The molecule has 0 saturated carbocycles. The van der Waals surface area contributed by atoms with Gasteiger partial charge in [-0.3, -0.25) is 4.98 Å². The molecule has 1 aromatic heterocycles. The van der Waals surface area contributed by atoms with Gasteiger partial charge in [-0.05, 0) is 12.1 Å². The fraction of sp³-hybridized carbons (Fsp3) is 0.286. The van der Waals surface area contributed by atoms with E-state index in [1.807, 2.05) is 0 Å². The lowest BCUT2D eigenvalue weighted by atomic mass is 10.2. The van der Waals surface area contributed by atoms with Gasteiger partial charge >= 0.3 is 6.18 Å². The van der Waals surface area contributed by atoms with Gasteiger partial charge in [0, 0.05) is 0 Å². The maximum absolute atomic E-state index is 12.5. The van der Waals surface area contributed by atoms with E-state index in [4.69, 9.17) is 0 Å². The predicted molar refractivity (Wildman–Crippen MR) is 34.1 cm³/mol. The molecule has 1 rings (SSSR count). The van der Waals surface area contributed by atoms with Gasteiger partial charge < -0.3 is 0 Å². The Balaban J connectivity index is 2.90. The van der Waals surface area contributed by atoms with Crippen LogP contribution in [0.4, 0.5) is 22.0 Å². The molecule has 72 valence electrons. The smallest absolute Gasteiger partial charge is 0.255 e. The minimum atomic E-state index is -5.00. The fourth-order valence-corrected chi connectivity index (χ4v) is 0.705. The van der Waals surface area contributed by atoms with E-state index in [1.165, 1.54) is 0 Å². The molecule has 1 heterocycles. The van der Waals surface area contributed by atoms with Crippen molar-refractivity contribution in [3.63, 3.8) is 0 Å². The van der Waals surface area contributed by atoms with Crippen molar-refractivity contribution in [2.24, 2.45) is 0 Å². The van der Waals surface area contributed by atoms with Crippen molar-refractivity contribution in [2.45, 2.75) is 12.3 Å². The maximum Gasteiger partial charge on any atom is 0.425 e. The molecule has 0 aliphatic carbocycles. The van der Waals surface area contributed by atoms with Crippen molar-refractivity contribution < 1.29 is 22.0 Å². The first-order valence-corrected chi connectivity index (χ1v) is 3.23. The molecular formula is C7H4F5N. The number of rotatable bonds is 1. The normalized spacial score (nSPS) is 14.2. The van der Waals surface area contributed by atoms with Crippen LogP contribution in [0, 0.1) is 5.82 Å². The van der Waals surface area contributed by atoms with E-state index in [-0.39, 0.29) is 0 Å². The van der Waals surface area contributed by atoms with E-state index < -0.39 is 23.9 Å². The molecule has 0 aliphatic rings. The predicted octanol–water partition coefficient (Wildman–Crippen LogP) is 2.79. The molecule has 1 aromatic rings. The Bertz CT molecular complexity index is 278. The summed E-state index contributed by atoms with van der Waals surface area (Å²) in [7, 11) is 0. The molecule has 1 nitrogen and oxygen atoms in total. The first-order chi connectivity index (χ1) is 5.91. The molecular weight excluding hydrogens is 193 g/mol. The highest BCUT2D eigenvalue weighted by Gasteiger charge is 2.42. The molecule has 0 aliphatic heterocycles. The van der Waals surface area contributed by atoms with Crippen LogP contribution in [-0.2, 0) is 0 Å². The number of aromatic nitrogens is 1. The molecule has 0 amide bonds. The second-order valence-corrected chi connectivity index (χ2v) is 2.31. The Kier molecular flexibility index (Phi) is 2.49. The summed E-state index contributed by atoms with van der Waals surface area (Å²) in [5.41, 5.74) is -0.839. The summed E-state index contributed by atoms with van der Waals surface area (Å²) in [6.07, 6.45) is -7.62. The molecule has 6 heteroatoms. The lowest BCUT2D eigenvalue weighted by molar-refractivity contribution is -0.183. The lowest BCUT2D eigenvalue weighted by Crippen LogP contribution is -2.17. The van der Waals surface area contributed by atoms with Gasteiger partial charge in [-0.1, -0.05) is 0 Å². The molecule has 0 bridgehead atoms. The van der Waals surface area contributed by atoms with Gasteiger partial charge in [0.25, 0.3) is 0 Å². The zero-order valence-electron chi connectivity index (χ0n) is 6.15. The minimum Gasteiger partial charge on any atom is -0.255 e. The van der Waals surface area contributed by atoms with Crippen molar-refractivity contribution in [1.82, 2.24) is 4.98 Å². The second-order valence-electron chi connectivity index (χ2n) is 2.31. The zero-order valence-corrected chi connectivity index (χ0v) is 6.15. The van der Waals surface area contributed by atoms with Crippen molar-refractivity contribution in [3.8, 4) is 0 Å². The third-order valence-electron chi connectivity index (χ3n) is 1.30. The Morgan fingerprint density at radius 2 is 1.85 bits per heavy atom. The summed E-state index contributed by atoms with van der Waals surface area (Å²) in [5, 5.41) is 0. The quantitative estimate of drug-likeness (QED) is 0.631. The monoisotopic (exact) mass is 197 g/mol. The van der Waals surface area contributed by atoms with Crippen molar-refractivity contribution in [1.29, 1.82) is 0 Å². The van der Waals surface area contributed by atoms with Crippen molar-refractivity contribution in [2.75, 3.05) is 0 Å². The highest BCUT2D eigenvalue weighted by atomic mass is 19.4. The zero-order chi connectivity index (χ0) is 10.1. The van der Waals surface area contributed by atoms with Gasteiger partial charge in [-0.2, -0.15) is 13.2 Å². The van der Waals surface area contributed by atoms with Crippen LogP contribution in [0.2, 0.25) is 0 Å². The van der Waals surface area contributed by atoms with E-state index in [0.717, 1.165) is 6.07 Å². The van der Waals surface area contributed by atoms with Gasteiger partial charge in [0.1, 0.15) is 5.82 Å². The van der Waals surface area contributed by atoms with Crippen molar-refractivity contribution >= 4 is 0 Å².